The first-order valence-electron chi connectivity index (χ1n) is 9.30. The number of carbonyl (C=O) groups is 2. The fraction of sp³-hybridized carbons (Fsp3) is 0.150. The molecule has 0 saturated carbocycles. The third-order valence-corrected chi connectivity index (χ3v) is 7.16. The highest BCUT2D eigenvalue weighted by atomic mass is 32.2. The molecule has 0 spiro atoms. The van der Waals surface area contributed by atoms with Crippen LogP contribution in [-0.2, 0) is 16.1 Å². The zero-order valence-corrected chi connectivity index (χ0v) is 19.2. The third-order valence-electron chi connectivity index (χ3n) is 4.23. The van der Waals surface area contributed by atoms with E-state index >= 15 is 0 Å². The number of hydrogen-bond acceptors (Lipinski definition) is 9. The van der Waals surface area contributed by atoms with Crippen LogP contribution in [0.15, 0.2) is 57.7 Å². The van der Waals surface area contributed by atoms with Crippen LogP contribution in [0.1, 0.15) is 0 Å². The van der Waals surface area contributed by atoms with E-state index in [0.717, 1.165) is 27.4 Å². The van der Waals surface area contributed by atoms with Crippen molar-refractivity contribution in [2.24, 2.45) is 0 Å². The SMILES string of the molecule is COc1ccc(NC(=O)CSc2nnc(NC(=O)Cn3c(=O)sc4ccccc43)s2)cc1. The van der Waals surface area contributed by atoms with Gasteiger partial charge in [-0.2, -0.15) is 0 Å². The van der Waals surface area contributed by atoms with Crippen LogP contribution in [0.25, 0.3) is 10.2 Å². The van der Waals surface area contributed by atoms with Crippen LogP contribution in [0.3, 0.4) is 0 Å². The van der Waals surface area contributed by atoms with Gasteiger partial charge in [-0.25, -0.2) is 0 Å². The number of thiazole rings is 1. The number of anilines is 2. The van der Waals surface area contributed by atoms with Crippen LogP contribution in [0.4, 0.5) is 10.8 Å². The predicted molar refractivity (Wildman–Crippen MR) is 127 cm³/mol. The smallest absolute Gasteiger partial charge is 0.308 e. The number of carbonyl (C=O) groups excluding carboxylic acids is 2. The Labute approximate surface area is 194 Å². The van der Waals surface area contributed by atoms with E-state index in [1.807, 2.05) is 18.2 Å². The minimum absolute atomic E-state index is 0.116. The summed E-state index contributed by atoms with van der Waals surface area (Å²) in [6.07, 6.45) is 0. The summed E-state index contributed by atoms with van der Waals surface area (Å²) in [5, 5.41) is 13.7. The number of para-hydroxylation sites is 1. The van der Waals surface area contributed by atoms with Crippen LogP contribution in [0.5, 0.6) is 5.75 Å². The molecular formula is C20H17N5O4S3. The van der Waals surface area contributed by atoms with Gasteiger partial charge in [-0.15, -0.1) is 10.2 Å². The van der Waals surface area contributed by atoms with Crippen molar-refractivity contribution in [3.8, 4) is 5.75 Å². The van der Waals surface area contributed by atoms with Gasteiger partial charge in [0.05, 0.1) is 23.1 Å². The number of rotatable bonds is 8. The lowest BCUT2D eigenvalue weighted by Gasteiger charge is -2.05. The minimum atomic E-state index is -0.374. The molecule has 2 aromatic carbocycles. The number of nitrogens with one attached hydrogen (secondary N) is 2. The van der Waals surface area contributed by atoms with Crippen LogP contribution < -0.4 is 20.2 Å². The van der Waals surface area contributed by atoms with Crippen molar-refractivity contribution in [1.29, 1.82) is 0 Å². The van der Waals surface area contributed by atoms with Crippen LogP contribution in [0.2, 0.25) is 0 Å². The second kappa shape index (κ2) is 9.94. The normalized spacial score (nSPS) is 10.8. The molecule has 0 atom stereocenters. The zero-order chi connectivity index (χ0) is 22.5. The summed E-state index contributed by atoms with van der Waals surface area (Å²) in [6, 6.07) is 14.3. The summed E-state index contributed by atoms with van der Waals surface area (Å²) < 4.78 is 7.88. The van der Waals surface area contributed by atoms with Crippen molar-refractivity contribution in [3.05, 3.63) is 58.2 Å². The number of ether oxygens (including phenoxy) is 1. The molecule has 0 aliphatic carbocycles. The van der Waals surface area contributed by atoms with Gasteiger partial charge in [-0.3, -0.25) is 24.3 Å². The molecule has 0 aliphatic heterocycles. The van der Waals surface area contributed by atoms with Crippen molar-refractivity contribution in [2.45, 2.75) is 10.9 Å². The molecular weight excluding hydrogens is 470 g/mol. The van der Waals surface area contributed by atoms with Crippen molar-refractivity contribution in [3.63, 3.8) is 0 Å². The van der Waals surface area contributed by atoms with Gasteiger partial charge in [0.2, 0.25) is 16.9 Å². The molecule has 12 heteroatoms. The molecule has 0 saturated heterocycles. The molecule has 0 bridgehead atoms. The number of nitrogens with zero attached hydrogens (tertiary/aromatic N) is 3. The first-order chi connectivity index (χ1) is 15.5. The van der Waals surface area contributed by atoms with E-state index in [1.165, 1.54) is 16.3 Å². The van der Waals surface area contributed by atoms with E-state index < -0.39 is 0 Å². The summed E-state index contributed by atoms with van der Waals surface area (Å²) in [7, 11) is 1.58. The zero-order valence-electron chi connectivity index (χ0n) is 16.7. The molecule has 2 N–H and O–H groups in total. The largest absolute Gasteiger partial charge is 0.497 e. The highest BCUT2D eigenvalue weighted by molar-refractivity contribution is 8.01. The second-order valence-electron chi connectivity index (χ2n) is 6.41. The van der Waals surface area contributed by atoms with Gasteiger partial charge in [0.25, 0.3) is 0 Å². The van der Waals surface area contributed by atoms with Gasteiger partial charge in [0.15, 0.2) is 4.34 Å². The maximum atomic E-state index is 12.4. The van der Waals surface area contributed by atoms with Gasteiger partial charge in [-0.1, -0.05) is 46.6 Å². The molecule has 2 heterocycles. The summed E-state index contributed by atoms with van der Waals surface area (Å²) >= 11 is 3.48. The highest BCUT2D eigenvalue weighted by Gasteiger charge is 2.14. The highest BCUT2D eigenvalue weighted by Crippen LogP contribution is 2.26. The van der Waals surface area contributed by atoms with Crippen LogP contribution >= 0.6 is 34.4 Å². The lowest BCUT2D eigenvalue weighted by molar-refractivity contribution is -0.116. The Morgan fingerprint density at radius 1 is 1.03 bits per heavy atom. The van der Waals surface area contributed by atoms with E-state index in [-0.39, 0.29) is 29.0 Å². The summed E-state index contributed by atoms with van der Waals surface area (Å²) in [5.41, 5.74) is 1.38. The average molecular weight is 488 g/mol. The van der Waals surface area contributed by atoms with E-state index in [0.29, 0.717) is 26.4 Å². The summed E-state index contributed by atoms with van der Waals surface area (Å²) in [5.74, 6) is 0.286. The van der Waals surface area contributed by atoms with Gasteiger partial charge >= 0.3 is 4.87 Å². The maximum Gasteiger partial charge on any atom is 0.308 e. The number of methoxy groups -OCH3 is 1. The second-order valence-corrected chi connectivity index (χ2v) is 9.60. The van der Waals surface area contributed by atoms with Crippen molar-refractivity contribution >= 4 is 67.3 Å². The van der Waals surface area contributed by atoms with E-state index in [9.17, 15) is 14.4 Å². The Bertz CT molecular complexity index is 1310. The molecule has 0 fully saturated rings. The fourth-order valence-corrected chi connectivity index (χ4v) is 5.24. The van der Waals surface area contributed by atoms with E-state index in [1.54, 1.807) is 37.4 Å². The number of fused-ring (bicyclic) bond motifs is 1. The Hall–Kier alpha value is -3.22. The van der Waals surface area contributed by atoms with Gasteiger partial charge in [0.1, 0.15) is 12.3 Å². The fourth-order valence-electron chi connectivity index (χ4n) is 2.78. The Morgan fingerprint density at radius 3 is 2.59 bits per heavy atom. The Balaban J connectivity index is 1.29. The number of aromatic nitrogens is 3. The lowest BCUT2D eigenvalue weighted by atomic mass is 10.3. The average Bonchev–Trinajstić information content (AvgIpc) is 3.36. The molecule has 164 valence electrons. The standard InChI is InChI=1S/C20H17N5O4S3/c1-29-13-8-6-12(7-9-13)21-17(27)11-30-19-24-23-18(32-19)22-16(26)10-25-14-4-2-3-5-15(14)31-20(25)28/h2-9H,10-11H2,1H3,(H,21,27)(H,22,23,26). The molecule has 2 amide bonds. The van der Waals surface area contributed by atoms with Crippen molar-refractivity contribution in [2.75, 3.05) is 23.5 Å². The number of amides is 2. The number of benzene rings is 2. The van der Waals surface area contributed by atoms with Gasteiger partial charge in [-0.05, 0) is 36.4 Å². The Kier molecular flexibility index (Phi) is 6.83. The molecule has 4 rings (SSSR count). The minimum Gasteiger partial charge on any atom is -0.497 e. The maximum absolute atomic E-state index is 12.4. The van der Waals surface area contributed by atoms with Crippen LogP contribution in [0, 0.1) is 0 Å². The van der Waals surface area contributed by atoms with Crippen LogP contribution in [-0.4, -0.2) is 39.4 Å². The van der Waals surface area contributed by atoms with Gasteiger partial charge < -0.3 is 10.1 Å². The van der Waals surface area contributed by atoms with Gasteiger partial charge in [0, 0.05) is 5.69 Å². The quantitative estimate of drug-likeness (QED) is 0.289. The molecule has 9 nitrogen and oxygen atoms in total. The topological polar surface area (TPSA) is 115 Å². The Morgan fingerprint density at radius 2 is 1.81 bits per heavy atom. The lowest BCUT2D eigenvalue weighted by Crippen LogP contribution is -2.24. The molecule has 2 aromatic heterocycles. The first-order valence-corrected chi connectivity index (χ1v) is 11.9. The predicted octanol–water partition coefficient (Wildman–Crippen LogP) is 3.29. The molecule has 0 unspecified atom stereocenters. The summed E-state index contributed by atoms with van der Waals surface area (Å²) in [6.45, 7) is -0.116. The molecule has 0 aliphatic rings. The first kappa shape index (κ1) is 22.0. The third kappa shape index (κ3) is 5.33. The van der Waals surface area contributed by atoms with Crippen molar-refractivity contribution in [1.82, 2.24) is 14.8 Å². The van der Waals surface area contributed by atoms with E-state index in [4.69, 9.17) is 4.74 Å². The molecule has 4 aromatic rings. The number of hydrogen-bond donors (Lipinski definition) is 2. The van der Waals surface area contributed by atoms with Crippen molar-refractivity contribution < 1.29 is 14.3 Å². The number of thioether (sulfide) groups is 1. The molecule has 32 heavy (non-hydrogen) atoms. The summed E-state index contributed by atoms with van der Waals surface area (Å²) in [4.78, 5) is 36.5. The van der Waals surface area contributed by atoms with E-state index in [2.05, 4.69) is 20.8 Å². The molecule has 0 radical (unpaired) electrons. The monoisotopic (exact) mass is 487 g/mol.